The van der Waals surface area contributed by atoms with Crippen LogP contribution in [-0.2, 0) is 99.3 Å². The van der Waals surface area contributed by atoms with E-state index in [2.05, 4.69) is 79.6 Å². The van der Waals surface area contributed by atoms with Crippen LogP contribution in [0.2, 0.25) is 0 Å². The number of ketones is 5. The van der Waals surface area contributed by atoms with Gasteiger partial charge in [0.05, 0.1) is 64.1 Å². The topological polar surface area (TPSA) is 493 Å². The lowest BCUT2D eigenvalue weighted by Crippen LogP contribution is -2.34. The van der Waals surface area contributed by atoms with Crippen molar-refractivity contribution < 1.29 is 100 Å². The van der Waals surface area contributed by atoms with Gasteiger partial charge in [-0.05, 0) is 196 Å². The molecule has 3 aliphatic rings. The van der Waals surface area contributed by atoms with Crippen molar-refractivity contribution in [2.45, 2.75) is 139 Å². The highest BCUT2D eigenvalue weighted by molar-refractivity contribution is 7.20. The van der Waals surface area contributed by atoms with Gasteiger partial charge in [0, 0.05) is 124 Å². The largest absolute Gasteiger partial charge is 0.462 e. The lowest BCUT2D eigenvalue weighted by Gasteiger charge is -2.25. The van der Waals surface area contributed by atoms with Crippen LogP contribution in [0.5, 0.6) is 0 Å². The molecule has 3 aromatic carbocycles. The first-order chi connectivity index (χ1) is 68.7. The number of amides is 11. The molecule has 0 unspecified atom stereocenters. The minimum absolute atomic E-state index is 0.000649. The Morgan fingerprint density at radius 2 is 0.881 bits per heavy atom. The molecule has 0 atom stereocenters. The Kier molecular flexibility index (Phi) is 40.5. The van der Waals surface area contributed by atoms with Crippen molar-refractivity contribution in [3.8, 4) is 0 Å². The number of aromatic nitrogens is 4. The Bertz CT molecular complexity index is 6720. The number of aryl methyl sites for hydroxylation is 2. The molecule has 746 valence electrons. The predicted molar refractivity (Wildman–Crippen MR) is 550 cm³/mol. The van der Waals surface area contributed by atoms with Gasteiger partial charge in [-0.15, -0.1) is 68.0 Å². The molecule has 1 aliphatic heterocycles. The highest BCUT2D eigenvalue weighted by Crippen LogP contribution is 2.43. The number of likely N-dealkylation sites (N-methyl/N-ethyl adjacent to an activating group) is 1. The summed E-state index contributed by atoms with van der Waals surface area (Å²) in [6.07, 6.45) is 11.3. The second-order valence-electron chi connectivity index (χ2n) is 32.2. The maximum absolute atomic E-state index is 13.0. The fraction of sp³-hybridized carbons (Fsp3) is 0.297. The van der Waals surface area contributed by atoms with Gasteiger partial charge < -0.3 is 66.8 Å². The summed E-state index contributed by atoms with van der Waals surface area (Å²) in [5.41, 5.74) is 8.65. The van der Waals surface area contributed by atoms with Crippen LogP contribution in [0, 0.1) is 0 Å². The summed E-state index contributed by atoms with van der Waals surface area (Å²) in [7, 11) is 4.13. The number of benzene rings is 3. The molecule has 15 rings (SSSR count). The molecule has 11 amide bonds. The quantitative estimate of drug-likeness (QED) is 0.0105. The number of fused-ring (bicyclic) bond motifs is 4. The Labute approximate surface area is 846 Å². The van der Waals surface area contributed by atoms with Crippen molar-refractivity contribution in [1.82, 2.24) is 35.1 Å². The van der Waals surface area contributed by atoms with E-state index in [9.17, 15) is 81.5 Å². The average Bonchev–Trinajstić information content (AvgIpc) is 1.63. The number of Topliss-reactive ketones (excluding diaryl/α,β-unsaturated/α-hetero) is 5. The minimum atomic E-state index is -0.761. The van der Waals surface area contributed by atoms with Crippen LogP contribution in [0.15, 0.2) is 157 Å². The Balaban J connectivity index is 0.000000171. The first kappa shape index (κ1) is 109. The third-order valence-electron chi connectivity index (χ3n) is 21.5. The van der Waals surface area contributed by atoms with Gasteiger partial charge in [-0.2, -0.15) is 0 Å². The maximum atomic E-state index is 13.0. The van der Waals surface area contributed by atoms with Gasteiger partial charge in [0.2, 0.25) is 17.7 Å². The number of nitrogens with zero attached hydrogens (tertiary/aromatic N) is 6. The number of para-hydroxylation sites is 1. The average molecular weight is 2060 g/mol. The summed E-state index contributed by atoms with van der Waals surface area (Å²) in [5, 5.41) is 30.6. The lowest BCUT2D eigenvalue weighted by atomic mass is 9.92. The number of rotatable bonds is 33. The predicted octanol–water partition coefficient (Wildman–Crippen LogP) is 16.9. The maximum Gasteiger partial charge on any atom is 0.416 e. The monoisotopic (exact) mass is 2060 g/mol. The van der Waals surface area contributed by atoms with Gasteiger partial charge in [-0.1, -0.05) is 61.5 Å². The number of carbonyl (C=O) groups excluding carboxylic acids is 17. The molecule has 12 aromatic rings. The minimum Gasteiger partial charge on any atom is -0.462 e. The van der Waals surface area contributed by atoms with E-state index in [1.807, 2.05) is 54.6 Å². The number of ether oxygens (including phenoxy) is 4. The molecule has 0 saturated heterocycles. The van der Waals surface area contributed by atoms with Gasteiger partial charge in [0.25, 0.3) is 41.4 Å². The third-order valence-corrected chi connectivity index (χ3v) is 27.7. The van der Waals surface area contributed by atoms with E-state index in [-0.39, 0.29) is 127 Å². The third kappa shape index (κ3) is 30.9. The van der Waals surface area contributed by atoms with E-state index in [1.165, 1.54) is 172 Å². The van der Waals surface area contributed by atoms with E-state index in [4.69, 9.17) is 18.9 Å². The Morgan fingerprint density at radius 1 is 0.434 bits per heavy atom. The lowest BCUT2D eigenvalue weighted by molar-refractivity contribution is -0.122. The normalized spacial score (nSPS) is 12.0. The molecule has 10 heterocycles. The SMILES string of the molecule is CCN1CCc2c(sc(NC(=O)c3ccnc(NC(C)=O)c3)c2C(=O)CC(=O)COC)C1.CCOC(=O)N(C)C(=O)c1ccsc1NC(=O)c1cccc(CC(C)=O)c1.CCOC(=O)c1c(NC(=O)c2ccnc(NC(C)=O)c2)sc2c1CCCC2.COCC(=O)CC(=O)c1c(NC(=O)c2ccnc(NC(C)=O)c2)sc2c1CCCC2.O=C(Nc1sccc1C(=O)NCc1ccccc1)c1nc2ccccc2s1. The summed E-state index contributed by atoms with van der Waals surface area (Å²) < 4.78 is 20.6. The first-order valence-electron chi connectivity index (χ1n) is 45.3. The van der Waals surface area contributed by atoms with Crippen LogP contribution in [0.25, 0.3) is 10.2 Å². The summed E-state index contributed by atoms with van der Waals surface area (Å²) in [5.74, 6) is -4.40. The zero-order chi connectivity index (χ0) is 103. The van der Waals surface area contributed by atoms with Crippen LogP contribution >= 0.6 is 68.0 Å². The molecule has 0 fully saturated rings. The van der Waals surface area contributed by atoms with Crippen molar-refractivity contribution in [3.05, 3.63) is 254 Å². The molecule has 36 nitrogen and oxygen atoms in total. The van der Waals surface area contributed by atoms with Gasteiger partial charge in [0.15, 0.2) is 28.1 Å². The van der Waals surface area contributed by atoms with E-state index in [0.717, 1.165) is 122 Å². The van der Waals surface area contributed by atoms with Crippen LogP contribution in [0.4, 0.5) is 47.3 Å². The Hall–Kier alpha value is -14.6. The number of pyridine rings is 3. The molecule has 0 bridgehead atoms. The molecule has 9 N–H and O–H groups in total. The number of hydrogen-bond acceptors (Lipinski definition) is 32. The Morgan fingerprint density at radius 3 is 1.38 bits per heavy atom. The van der Waals surface area contributed by atoms with Crippen molar-refractivity contribution >= 4 is 221 Å². The van der Waals surface area contributed by atoms with Crippen molar-refractivity contribution in [2.24, 2.45) is 0 Å². The highest BCUT2D eigenvalue weighted by Gasteiger charge is 2.34. The molecule has 9 aromatic heterocycles. The molecule has 2 aliphatic carbocycles. The number of imide groups is 1. The smallest absolute Gasteiger partial charge is 0.416 e. The van der Waals surface area contributed by atoms with Crippen LogP contribution < -0.4 is 47.9 Å². The van der Waals surface area contributed by atoms with Crippen LogP contribution in [0.3, 0.4) is 0 Å². The molecular formula is C101H105N15O21S6. The molecule has 0 spiro atoms. The van der Waals surface area contributed by atoms with Gasteiger partial charge in [-0.3, -0.25) is 76.8 Å². The van der Waals surface area contributed by atoms with Gasteiger partial charge >= 0.3 is 12.1 Å². The number of methoxy groups -OCH3 is 2. The van der Waals surface area contributed by atoms with E-state index in [1.54, 1.807) is 61.0 Å². The summed E-state index contributed by atoms with van der Waals surface area (Å²) in [4.78, 5) is 230. The standard InChI is InChI=1S/C22H26N4O5S.C21H23N3O5S.C20H15N3O2S2.C19H21N3O4S.C19H20N2O5S/c1-4-26-8-6-16-18(11-26)32-22(20(16)17(29)10-15(28)12-31-3)25-21(30)14-5-7-23-19(9-14)24-13(2)27;1-12(25)23-18-9-13(7-8-22-18)20(28)24-21-19(16(27)10-14(26)11-29-2)15-5-3-4-6-17(15)30-21;24-17(21-12-13-6-2-1-3-7-13)14-10-11-26-19(14)23-18(25)20-22-15-8-4-5-9-16(15)27-20;1-3-26-19(25)16-13-6-4-5-7-14(13)27-18(16)22-17(24)12-8-9-20-15(10-12)21-11(2)23;1-4-26-19(25)21(3)18(24)15-8-9-27-17(15)20-16(23)14-7-5-6-13(11-14)10-12(2)22/h5,7,9H,4,6,8,10-12H2,1-3H3,(H,25,30)(H,23,24,27);7-9H,3-6,10-11H2,1-2H3,(H,24,28)(H,22,23,25);1-11H,12H2,(H,21,24)(H,23,25);8-10H,3-7H2,1-2H3,(H,22,24)(H,20,21,23);5-9,11H,4,10H2,1-3H3,(H,20,23). The van der Waals surface area contributed by atoms with E-state index < -0.39 is 35.7 Å². The zero-order valence-electron chi connectivity index (χ0n) is 79.9. The number of nitrogens with one attached hydrogen (secondary N) is 9. The molecule has 42 heteroatoms. The highest BCUT2D eigenvalue weighted by atomic mass is 32.1. The molecular weight excluding hydrogens is 1950 g/mol. The number of esters is 1. The van der Waals surface area contributed by atoms with Gasteiger partial charge in [0.1, 0.15) is 61.5 Å². The number of anilines is 8. The van der Waals surface area contributed by atoms with Crippen LogP contribution in [-0.4, -0.2) is 191 Å². The summed E-state index contributed by atoms with van der Waals surface area (Å²) in [6.45, 7) is 14.0. The van der Waals surface area contributed by atoms with Crippen molar-refractivity contribution in [3.63, 3.8) is 0 Å². The second-order valence-corrected chi connectivity index (χ2v) is 38.4. The van der Waals surface area contributed by atoms with Gasteiger partial charge in [-0.25, -0.2) is 34.4 Å². The molecule has 143 heavy (non-hydrogen) atoms. The molecule has 0 radical (unpaired) electrons. The number of hydrogen-bond donors (Lipinski definition) is 9. The second kappa shape index (κ2) is 53.3. The number of thiazole rings is 1. The fourth-order valence-corrected chi connectivity index (χ4v) is 21.3. The fourth-order valence-electron chi connectivity index (χ4n) is 15.0. The summed E-state index contributed by atoms with van der Waals surface area (Å²) >= 11 is 8.01. The summed E-state index contributed by atoms with van der Waals surface area (Å²) in [6, 6.07) is 36.3. The molecule has 0 saturated carbocycles. The first-order valence-corrected chi connectivity index (χ1v) is 50.3. The number of carbonyl (C=O) groups is 17. The van der Waals surface area contributed by atoms with Crippen molar-refractivity contribution in [2.75, 3.05) is 103 Å². The van der Waals surface area contributed by atoms with Crippen LogP contribution in [0.1, 0.15) is 232 Å². The van der Waals surface area contributed by atoms with Crippen molar-refractivity contribution in [1.29, 1.82) is 0 Å². The van der Waals surface area contributed by atoms with E-state index in [0.29, 0.717) is 99.8 Å². The zero-order valence-corrected chi connectivity index (χ0v) is 84.8. The van der Waals surface area contributed by atoms with E-state index >= 15 is 0 Å². The number of thiophene rings is 5.